The van der Waals surface area contributed by atoms with E-state index in [4.69, 9.17) is 45.6 Å². The fourth-order valence-corrected chi connectivity index (χ4v) is 0.618. The third-order valence-electron chi connectivity index (χ3n) is 1.78. The number of aliphatic hydroxyl groups excluding tert-OH is 6. The molecule has 1 unspecified atom stereocenters. The summed E-state index contributed by atoms with van der Waals surface area (Å²) in [7, 11) is 0. The molecular weight excluding hydrogens is 308 g/mol. The van der Waals surface area contributed by atoms with Crippen LogP contribution in [0.25, 0.3) is 0 Å². The zero-order chi connectivity index (χ0) is 18.5. The molecule has 0 radical (unpaired) electrons. The van der Waals surface area contributed by atoms with Crippen molar-refractivity contribution in [1.29, 1.82) is 0 Å². The molecule has 0 saturated carbocycles. The molecule has 0 saturated heterocycles. The van der Waals surface area contributed by atoms with Gasteiger partial charge in [-0.3, -0.25) is 4.79 Å². The zero-order valence-corrected chi connectivity index (χ0v) is 12.0. The Morgan fingerprint density at radius 1 is 1.00 bits per heavy atom. The van der Waals surface area contributed by atoms with E-state index in [-0.39, 0.29) is 6.29 Å². The van der Waals surface area contributed by atoms with Gasteiger partial charge >= 0.3 is 5.97 Å². The Balaban J connectivity index is -0.000000300. The third-order valence-corrected chi connectivity index (χ3v) is 1.78. The van der Waals surface area contributed by atoms with Crippen molar-refractivity contribution in [3.8, 4) is 0 Å². The Bertz CT molecular complexity index is 313. The van der Waals surface area contributed by atoms with Crippen molar-refractivity contribution in [2.45, 2.75) is 44.4 Å². The van der Waals surface area contributed by atoms with Gasteiger partial charge in [-0.2, -0.15) is 0 Å². The Kier molecular flexibility index (Phi) is 16.5. The Labute approximate surface area is 125 Å². The quantitative estimate of drug-likeness (QED) is 0.221. The van der Waals surface area contributed by atoms with Crippen LogP contribution in [-0.4, -0.2) is 96.2 Å². The summed E-state index contributed by atoms with van der Waals surface area (Å²) in [5.74, 6) is -2.02. The predicted octanol–water partition coefficient (Wildman–Crippen LogP) is -3.84. The second-order valence-corrected chi connectivity index (χ2v) is 3.89. The van der Waals surface area contributed by atoms with Gasteiger partial charge in [-0.1, -0.05) is 0 Å². The summed E-state index contributed by atoms with van der Waals surface area (Å²) in [6, 6.07) is 0. The van der Waals surface area contributed by atoms with Crippen LogP contribution in [0.2, 0.25) is 0 Å². The van der Waals surface area contributed by atoms with Crippen LogP contribution < -0.4 is 0 Å². The highest BCUT2D eigenvalue weighted by Gasteiger charge is 2.29. The first-order valence-corrected chi connectivity index (χ1v) is 5.81. The van der Waals surface area contributed by atoms with Gasteiger partial charge in [0.1, 0.15) is 30.5 Å². The van der Waals surface area contributed by atoms with Crippen molar-refractivity contribution in [3.63, 3.8) is 0 Å². The van der Waals surface area contributed by atoms with Gasteiger partial charge in [0.15, 0.2) is 6.29 Å². The van der Waals surface area contributed by atoms with E-state index in [1.165, 1.54) is 6.92 Å². The first kappa shape index (κ1) is 25.3. The van der Waals surface area contributed by atoms with Crippen LogP contribution >= 0.6 is 0 Å². The van der Waals surface area contributed by atoms with E-state index in [1.807, 2.05) is 0 Å². The zero-order valence-electron chi connectivity index (χ0n) is 12.0. The molecule has 0 rings (SSSR count). The van der Waals surface area contributed by atoms with Gasteiger partial charge in [-0.25, -0.2) is 4.79 Å². The van der Waals surface area contributed by atoms with Crippen molar-refractivity contribution in [2.24, 2.45) is 0 Å². The summed E-state index contributed by atoms with van der Waals surface area (Å²) in [4.78, 5) is 28.3. The van der Waals surface area contributed by atoms with E-state index in [1.54, 1.807) is 0 Å². The average Bonchev–Trinajstić information content (AvgIpc) is 2.43. The Morgan fingerprint density at radius 3 is 1.50 bits per heavy atom. The normalized spacial score (nSPS) is 16.4. The van der Waals surface area contributed by atoms with Gasteiger partial charge in [0.25, 0.3) is 5.97 Å². The molecule has 0 amide bonds. The third kappa shape index (κ3) is 16.4. The average molecular weight is 330 g/mol. The van der Waals surface area contributed by atoms with Gasteiger partial charge in [-0.15, -0.1) is 0 Å². The number of aliphatic hydroxyl groups is 6. The number of aldehydes is 1. The topological polar surface area (TPSA) is 213 Å². The van der Waals surface area contributed by atoms with Crippen LogP contribution in [0.15, 0.2) is 0 Å². The van der Waals surface area contributed by atoms with Crippen LogP contribution in [0.1, 0.15) is 13.8 Å². The molecule has 22 heavy (non-hydrogen) atoms. The number of carbonyl (C=O) groups excluding carboxylic acids is 1. The molecule has 11 nitrogen and oxygen atoms in total. The van der Waals surface area contributed by atoms with E-state index in [0.717, 1.165) is 6.92 Å². The summed E-state index contributed by atoms with van der Waals surface area (Å²) in [5.41, 5.74) is 0. The first-order chi connectivity index (χ1) is 9.91. The minimum atomic E-state index is -1.79. The molecule has 0 aromatic rings. The lowest BCUT2D eigenvalue weighted by atomic mass is 10.0. The second-order valence-electron chi connectivity index (χ2n) is 3.89. The molecule has 132 valence electrons. The minimum Gasteiger partial charge on any atom is -0.481 e. The largest absolute Gasteiger partial charge is 0.481 e. The standard InChI is InChI=1S/C6H12O6.C3H6O3.C2H4O2/c7-1-3(9)5(11)6(12)4(10)2-8;1-2(4)3(5)6;1-2(3)4/h1,3-6,8-12H,2H2;2,4H,1H3,(H,5,6);1H3,(H,3,4)/t3-,4+,5+,6+;;/m0../s1. The molecule has 0 aliphatic rings. The van der Waals surface area contributed by atoms with Crippen LogP contribution in [-0.2, 0) is 14.4 Å². The highest BCUT2D eigenvalue weighted by molar-refractivity contribution is 5.71. The molecule has 0 heterocycles. The van der Waals surface area contributed by atoms with Crippen molar-refractivity contribution < 1.29 is 55.2 Å². The molecule has 0 aromatic carbocycles. The van der Waals surface area contributed by atoms with Gasteiger partial charge < -0.3 is 45.6 Å². The van der Waals surface area contributed by atoms with Gasteiger partial charge in [0.05, 0.1) is 6.61 Å². The number of carboxylic acids is 2. The Hall–Kier alpha value is -1.63. The van der Waals surface area contributed by atoms with Crippen LogP contribution in [0.3, 0.4) is 0 Å². The molecular formula is C11H22O11. The van der Waals surface area contributed by atoms with Crippen LogP contribution in [0, 0.1) is 0 Å². The number of carbonyl (C=O) groups is 3. The summed E-state index contributed by atoms with van der Waals surface area (Å²) in [5, 5.41) is 66.7. The minimum absolute atomic E-state index is 0.0258. The van der Waals surface area contributed by atoms with Crippen molar-refractivity contribution >= 4 is 18.2 Å². The van der Waals surface area contributed by atoms with Gasteiger partial charge in [0.2, 0.25) is 0 Å². The number of hydrogen-bond acceptors (Lipinski definition) is 9. The Morgan fingerprint density at radius 2 is 1.32 bits per heavy atom. The lowest BCUT2D eigenvalue weighted by molar-refractivity contribution is -0.145. The predicted molar refractivity (Wildman–Crippen MR) is 69.8 cm³/mol. The molecule has 0 aromatic heterocycles. The maximum absolute atomic E-state index is 9.90. The number of hydrogen-bond donors (Lipinski definition) is 8. The van der Waals surface area contributed by atoms with Crippen molar-refractivity contribution in [2.75, 3.05) is 6.61 Å². The SMILES string of the molecule is CC(=O)O.CC(O)C(=O)O.O=C[C@H](O)[C@@H](O)[C@H](O)[C@H](O)CO. The molecule has 0 fully saturated rings. The van der Waals surface area contributed by atoms with Gasteiger partial charge in [-0.05, 0) is 6.92 Å². The van der Waals surface area contributed by atoms with E-state index in [0.29, 0.717) is 0 Å². The first-order valence-electron chi connectivity index (χ1n) is 5.81. The van der Waals surface area contributed by atoms with Crippen LogP contribution in [0.4, 0.5) is 0 Å². The lowest BCUT2D eigenvalue weighted by Crippen LogP contribution is -2.46. The molecule has 0 spiro atoms. The number of aliphatic carboxylic acids is 2. The van der Waals surface area contributed by atoms with Crippen LogP contribution in [0.5, 0.6) is 0 Å². The summed E-state index contributed by atoms with van der Waals surface area (Å²) in [6.45, 7) is 1.52. The summed E-state index contributed by atoms with van der Waals surface area (Å²) in [6.07, 6.45) is -8.07. The van der Waals surface area contributed by atoms with Crippen molar-refractivity contribution in [3.05, 3.63) is 0 Å². The summed E-state index contributed by atoms with van der Waals surface area (Å²) < 4.78 is 0. The fraction of sp³-hybridized carbons (Fsp3) is 0.727. The van der Waals surface area contributed by atoms with Crippen molar-refractivity contribution in [1.82, 2.24) is 0 Å². The molecule has 5 atom stereocenters. The van der Waals surface area contributed by atoms with E-state index in [9.17, 15) is 9.59 Å². The molecule has 11 heteroatoms. The molecule has 8 N–H and O–H groups in total. The van der Waals surface area contributed by atoms with Gasteiger partial charge in [0, 0.05) is 6.92 Å². The fourth-order valence-electron chi connectivity index (χ4n) is 0.618. The highest BCUT2D eigenvalue weighted by Crippen LogP contribution is 2.02. The maximum Gasteiger partial charge on any atom is 0.332 e. The maximum atomic E-state index is 9.90. The second kappa shape index (κ2) is 14.3. The molecule has 0 aliphatic carbocycles. The number of carboxylic acid groups (broad SMARTS) is 2. The van der Waals surface area contributed by atoms with E-state index in [2.05, 4.69) is 0 Å². The van der Waals surface area contributed by atoms with E-state index < -0.39 is 49.1 Å². The molecule has 0 aliphatic heterocycles. The number of rotatable bonds is 6. The lowest BCUT2D eigenvalue weighted by Gasteiger charge is -2.22. The monoisotopic (exact) mass is 330 g/mol. The van der Waals surface area contributed by atoms with E-state index >= 15 is 0 Å². The smallest absolute Gasteiger partial charge is 0.332 e. The molecule has 0 bridgehead atoms. The highest BCUT2D eigenvalue weighted by atomic mass is 16.4. The summed E-state index contributed by atoms with van der Waals surface area (Å²) >= 11 is 0.